The van der Waals surface area contributed by atoms with Gasteiger partial charge in [0.2, 0.25) is 0 Å². The second-order valence-corrected chi connectivity index (χ2v) is 6.52. The Bertz CT molecular complexity index is 474. The molecule has 1 aliphatic rings. The van der Waals surface area contributed by atoms with Gasteiger partial charge in [0, 0.05) is 24.0 Å². The van der Waals surface area contributed by atoms with Gasteiger partial charge >= 0.3 is 6.09 Å². The second kappa shape index (κ2) is 6.04. The highest BCUT2D eigenvalue weighted by atomic mass is 35.5. The van der Waals surface area contributed by atoms with Gasteiger partial charge in [0.25, 0.3) is 0 Å². The number of hydrogen-bond acceptors (Lipinski definition) is 2. The van der Waals surface area contributed by atoms with Crippen molar-refractivity contribution in [2.45, 2.75) is 39.2 Å². The number of carbonyl (C=O) groups excluding carboxylic acids is 1. The topological polar surface area (TPSA) is 29.5 Å². The highest BCUT2D eigenvalue weighted by Crippen LogP contribution is 2.29. The molecule has 0 saturated carbocycles. The van der Waals surface area contributed by atoms with Gasteiger partial charge in [-0.05, 0) is 51.3 Å². The number of piperidine rings is 1. The normalized spacial score (nSPS) is 17.1. The minimum absolute atomic E-state index is 0.220. The minimum atomic E-state index is -0.436. The molecule has 1 aromatic carbocycles. The fourth-order valence-corrected chi connectivity index (χ4v) is 2.47. The van der Waals surface area contributed by atoms with E-state index in [0.717, 1.165) is 17.9 Å². The Morgan fingerprint density at radius 3 is 2.45 bits per heavy atom. The monoisotopic (exact) mass is 294 g/mol. The van der Waals surface area contributed by atoms with Crippen molar-refractivity contribution in [2.75, 3.05) is 13.1 Å². The van der Waals surface area contributed by atoms with Crippen molar-refractivity contribution in [3.05, 3.63) is 40.8 Å². The van der Waals surface area contributed by atoms with Crippen LogP contribution in [0.1, 0.15) is 39.2 Å². The van der Waals surface area contributed by atoms with E-state index in [0.29, 0.717) is 13.1 Å². The number of benzene rings is 1. The molecule has 1 aromatic rings. The first-order valence-electron chi connectivity index (χ1n) is 6.94. The van der Waals surface area contributed by atoms with Gasteiger partial charge in [-0.15, -0.1) is 0 Å². The maximum absolute atomic E-state index is 12.0. The molecule has 109 valence electrons. The lowest BCUT2D eigenvalue weighted by Gasteiger charge is -2.33. The fourth-order valence-electron chi connectivity index (χ4n) is 2.28. The average molecular weight is 295 g/mol. The van der Waals surface area contributed by atoms with Crippen molar-refractivity contribution < 1.29 is 9.53 Å². The first kappa shape index (κ1) is 15.2. The van der Waals surface area contributed by atoms with E-state index >= 15 is 0 Å². The molecule has 0 aliphatic carbocycles. The molecule has 0 aromatic heterocycles. The second-order valence-electron chi connectivity index (χ2n) is 6.08. The molecule has 1 radical (unpaired) electrons. The Morgan fingerprint density at radius 2 is 1.90 bits per heavy atom. The van der Waals surface area contributed by atoms with Crippen LogP contribution in [-0.2, 0) is 4.74 Å². The molecule has 1 fully saturated rings. The molecule has 1 saturated heterocycles. The van der Waals surface area contributed by atoms with Gasteiger partial charge in [-0.25, -0.2) is 4.79 Å². The summed E-state index contributed by atoms with van der Waals surface area (Å²) in [7, 11) is 0. The summed E-state index contributed by atoms with van der Waals surface area (Å²) in [4.78, 5) is 13.8. The maximum atomic E-state index is 12.0. The fraction of sp³-hybridized carbons (Fsp3) is 0.500. The Balaban J connectivity index is 1.91. The van der Waals surface area contributed by atoms with Crippen molar-refractivity contribution in [2.24, 2.45) is 0 Å². The Labute approximate surface area is 125 Å². The van der Waals surface area contributed by atoms with E-state index in [1.165, 1.54) is 11.5 Å². The number of carbonyl (C=O) groups is 1. The van der Waals surface area contributed by atoms with Crippen LogP contribution in [0, 0.1) is 5.92 Å². The third-order valence-electron chi connectivity index (χ3n) is 3.25. The van der Waals surface area contributed by atoms with Crippen molar-refractivity contribution in [1.29, 1.82) is 0 Å². The molecule has 0 bridgehead atoms. The number of halogens is 1. The van der Waals surface area contributed by atoms with Crippen LogP contribution in [0.3, 0.4) is 0 Å². The zero-order chi connectivity index (χ0) is 14.8. The van der Waals surface area contributed by atoms with Gasteiger partial charge in [0.15, 0.2) is 0 Å². The third-order valence-corrected chi connectivity index (χ3v) is 3.49. The van der Waals surface area contributed by atoms with Gasteiger partial charge in [-0.3, -0.25) is 0 Å². The number of amides is 1. The van der Waals surface area contributed by atoms with Crippen LogP contribution in [0.2, 0.25) is 5.02 Å². The standard InChI is InChI=1S/C16H21ClNO2/c1-16(2,3)20-15(19)18-9-7-12(8-10-18)13-5-4-6-14(17)11-13/h4-6,11H,7-10H2,1-3H3. The summed E-state index contributed by atoms with van der Waals surface area (Å²) in [5, 5.41) is 0.754. The summed E-state index contributed by atoms with van der Waals surface area (Å²) in [6.45, 7) is 7.07. The first-order chi connectivity index (χ1) is 9.35. The van der Waals surface area contributed by atoms with E-state index in [9.17, 15) is 4.79 Å². The van der Waals surface area contributed by atoms with Gasteiger partial charge in [0.05, 0.1) is 0 Å². The lowest BCUT2D eigenvalue weighted by Crippen LogP contribution is -2.41. The van der Waals surface area contributed by atoms with Crippen LogP contribution in [0.4, 0.5) is 4.79 Å². The molecule has 2 rings (SSSR count). The van der Waals surface area contributed by atoms with Crippen LogP contribution in [0.15, 0.2) is 24.3 Å². The molecule has 20 heavy (non-hydrogen) atoms. The SMILES string of the molecule is CC(C)(C)OC(=O)N1CC[C](c2cccc(Cl)c2)CC1. The van der Waals surface area contributed by atoms with Gasteiger partial charge < -0.3 is 9.64 Å². The highest BCUT2D eigenvalue weighted by molar-refractivity contribution is 6.30. The van der Waals surface area contributed by atoms with Crippen LogP contribution in [-0.4, -0.2) is 29.7 Å². The molecule has 0 N–H and O–H groups in total. The van der Waals surface area contributed by atoms with Crippen LogP contribution in [0.25, 0.3) is 0 Å². The molecule has 0 spiro atoms. The Morgan fingerprint density at radius 1 is 1.25 bits per heavy atom. The van der Waals surface area contributed by atoms with Gasteiger partial charge in [-0.2, -0.15) is 0 Å². The summed E-state index contributed by atoms with van der Waals surface area (Å²) >= 11 is 6.02. The number of ether oxygens (including phenoxy) is 1. The molecule has 1 amide bonds. The number of nitrogens with zero attached hydrogens (tertiary/aromatic N) is 1. The molecule has 3 nitrogen and oxygen atoms in total. The average Bonchev–Trinajstić information content (AvgIpc) is 2.37. The number of hydrogen-bond donors (Lipinski definition) is 0. The number of likely N-dealkylation sites (tertiary alicyclic amines) is 1. The van der Waals surface area contributed by atoms with Crippen LogP contribution < -0.4 is 0 Å². The zero-order valence-electron chi connectivity index (χ0n) is 12.3. The molecular weight excluding hydrogens is 274 g/mol. The summed E-state index contributed by atoms with van der Waals surface area (Å²) in [6, 6.07) is 7.90. The smallest absolute Gasteiger partial charge is 0.410 e. The van der Waals surface area contributed by atoms with Crippen molar-refractivity contribution in [1.82, 2.24) is 4.90 Å². The predicted octanol–water partition coefficient (Wildman–Crippen LogP) is 4.29. The van der Waals surface area contributed by atoms with Crippen molar-refractivity contribution >= 4 is 17.7 Å². The lowest BCUT2D eigenvalue weighted by atomic mass is 9.90. The zero-order valence-corrected chi connectivity index (χ0v) is 13.0. The molecule has 1 heterocycles. The predicted molar refractivity (Wildman–Crippen MR) is 80.8 cm³/mol. The Kier molecular flexibility index (Phi) is 4.59. The van der Waals surface area contributed by atoms with E-state index in [1.54, 1.807) is 4.90 Å². The van der Waals surface area contributed by atoms with E-state index < -0.39 is 5.60 Å². The lowest BCUT2D eigenvalue weighted by molar-refractivity contribution is 0.0228. The highest BCUT2D eigenvalue weighted by Gasteiger charge is 2.27. The summed E-state index contributed by atoms with van der Waals surface area (Å²) in [6.07, 6.45) is 1.53. The largest absolute Gasteiger partial charge is 0.444 e. The Hall–Kier alpha value is -1.22. The molecule has 4 heteroatoms. The van der Waals surface area contributed by atoms with Crippen LogP contribution in [0.5, 0.6) is 0 Å². The number of rotatable bonds is 1. The van der Waals surface area contributed by atoms with E-state index in [2.05, 4.69) is 6.07 Å². The van der Waals surface area contributed by atoms with Crippen LogP contribution >= 0.6 is 11.6 Å². The quantitative estimate of drug-likeness (QED) is 0.773. The molecule has 0 unspecified atom stereocenters. The van der Waals surface area contributed by atoms with E-state index in [4.69, 9.17) is 16.3 Å². The van der Waals surface area contributed by atoms with Gasteiger partial charge in [-0.1, -0.05) is 23.7 Å². The maximum Gasteiger partial charge on any atom is 0.410 e. The first-order valence-corrected chi connectivity index (χ1v) is 7.31. The minimum Gasteiger partial charge on any atom is -0.444 e. The van der Waals surface area contributed by atoms with E-state index in [1.807, 2.05) is 39.0 Å². The van der Waals surface area contributed by atoms with Gasteiger partial charge in [0.1, 0.15) is 5.60 Å². The van der Waals surface area contributed by atoms with Crippen molar-refractivity contribution in [3.8, 4) is 0 Å². The molecule has 0 atom stereocenters. The van der Waals surface area contributed by atoms with E-state index in [-0.39, 0.29) is 6.09 Å². The third kappa shape index (κ3) is 4.14. The molecular formula is C16H21ClNO2. The summed E-state index contributed by atoms with van der Waals surface area (Å²) < 4.78 is 5.39. The van der Waals surface area contributed by atoms with Crippen molar-refractivity contribution in [3.63, 3.8) is 0 Å². The molecule has 1 aliphatic heterocycles. The summed E-state index contributed by atoms with van der Waals surface area (Å²) in [5.74, 6) is 1.35. The summed E-state index contributed by atoms with van der Waals surface area (Å²) in [5.41, 5.74) is 0.745.